The molecule has 0 bridgehead atoms. The molecule has 1 heterocycles. The molecule has 8 heteroatoms. The van der Waals surface area contributed by atoms with Gasteiger partial charge in [0.2, 0.25) is 5.90 Å². The molecule has 0 aromatic heterocycles. The fourth-order valence-corrected chi connectivity index (χ4v) is 2.24. The first-order valence-electron chi connectivity index (χ1n) is 7.09. The number of cyclic esters (lactones) is 1. The van der Waals surface area contributed by atoms with E-state index in [-0.39, 0.29) is 34.2 Å². The molecule has 0 unspecified atom stereocenters. The number of carbonyl (C=O) groups is 1. The van der Waals surface area contributed by atoms with Crippen molar-refractivity contribution in [3.05, 3.63) is 75.2 Å². The number of nitro groups is 1. The number of aliphatic imine (C=N–C) groups is 1. The molecule has 126 valence electrons. The third kappa shape index (κ3) is 3.23. The van der Waals surface area contributed by atoms with Crippen molar-refractivity contribution >= 4 is 23.6 Å². The number of hydrogen-bond donors (Lipinski definition) is 0. The number of non-ortho nitro benzene ring substituents is 1. The van der Waals surface area contributed by atoms with Gasteiger partial charge in [-0.05, 0) is 18.2 Å². The van der Waals surface area contributed by atoms with Crippen molar-refractivity contribution < 1.29 is 23.6 Å². The van der Waals surface area contributed by atoms with Gasteiger partial charge < -0.3 is 9.47 Å². The van der Waals surface area contributed by atoms with Crippen molar-refractivity contribution in [3.63, 3.8) is 0 Å². The summed E-state index contributed by atoms with van der Waals surface area (Å²) in [6.45, 7) is 0. The molecular formula is C17H11FN2O5. The minimum atomic E-state index is -0.785. The Labute approximate surface area is 141 Å². The van der Waals surface area contributed by atoms with Crippen LogP contribution in [0.4, 0.5) is 10.1 Å². The molecule has 1 aliphatic rings. The number of benzene rings is 2. The fraction of sp³-hybridized carbons (Fsp3) is 0.0588. The average molecular weight is 342 g/mol. The van der Waals surface area contributed by atoms with Crippen molar-refractivity contribution in [1.29, 1.82) is 0 Å². The summed E-state index contributed by atoms with van der Waals surface area (Å²) >= 11 is 0. The fourth-order valence-electron chi connectivity index (χ4n) is 2.24. The molecule has 0 spiro atoms. The monoisotopic (exact) mass is 342 g/mol. The summed E-state index contributed by atoms with van der Waals surface area (Å²) in [6.07, 6.45) is 1.24. The highest BCUT2D eigenvalue weighted by molar-refractivity contribution is 6.14. The van der Waals surface area contributed by atoms with E-state index in [4.69, 9.17) is 9.47 Å². The zero-order chi connectivity index (χ0) is 18.0. The second-order valence-corrected chi connectivity index (χ2v) is 5.00. The van der Waals surface area contributed by atoms with Crippen LogP contribution in [0.1, 0.15) is 11.1 Å². The molecule has 0 atom stereocenters. The molecule has 2 aromatic rings. The second kappa shape index (κ2) is 6.52. The Morgan fingerprint density at radius 2 is 2.04 bits per heavy atom. The molecule has 0 saturated carbocycles. The standard InChI is InChI=1S/C17H11FN2O5/c1-24-15-7-6-11(20(22)23)9-12(15)16-19-14(17(21)25-16)8-10-4-2-3-5-13(10)18/h2-9H,1H3. The Balaban J connectivity index is 2.05. The van der Waals surface area contributed by atoms with Crippen molar-refractivity contribution in [1.82, 2.24) is 0 Å². The van der Waals surface area contributed by atoms with Crippen molar-refractivity contribution in [3.8, 4) is 5.75 Å². The molecule has 3 rings (SSSR count). The van der Waals surface area contributed by atoms with Crippen molar-refractivity contribution in [2.75, 3.05) is 7.11 Å². The third-order valence-corrected chi connectivity index (χ3v) is 3.44. The first-order valence-corrected chi connectivity index (χ1v) is 7.09. The number of hydrogen-bond acceptors (Lipinski definition) is 6. The van der Waals surface area contributed by atoms with Gasteiger partial charge in [0.1, 0.15) is 11.6 Å². The number of nitro benzene ring substituents is 1. The highest BCUT2D eigenvalue weighted by atomic mass is 19.1. The topological polar surface area (TPSA) is 91.0 Å². The summed E-state index contributed by atoms with van der Waals surface area (Å²) in [5.74, 6) is -1.19. The van der Waals surface area contributed by atoms with E-state index in [0.29, 0.717) is 0 Å². The van der Waals surface area contributed by atoms with Gasteiger partial charge >= 0.3 is 5.97 Å². The largest absolute Gasteiger partial charge is 0.496 e. The molecule has 0 amide bonds. The van der Waals surface area contributed by atoms with E-state index in [1.54, 1.807) is 6.07 Å². The lowest BCUT2D eigenvalue weighted by atomic mass is 10.1. The summed E-state index contributed by atoms with van der Waals surface area (Å²) in [7, 11) is 1.37. The van der Waals surface area contributed by atoms with E-state index in [2.05, 4.69) is 4.99 Å². The van der Waals surface area contributed by atoms with Crippen LogP contribution >= 0.6 is 0 Å². The summed E-state index contributed by atoms with van der Waals surface area (Å²) in [6, 6.07) is 9.70. The SMILES string of the molecule is COc1ccc([N+](=O)[O-])cc1C1=NC(=Cc2ccccc2F)C(=O)O1. The molecule has 25 heavy (non-hydrogen) atoms. The number of rotatable bonds is 4. The van der Waals surface area contributed by atoms with Gasteiger partial charge in [-0.2, -0.15) is 0 Å². The summed E-state index contributed by atoms with van der Waals surface area (Å²) < 4.78 is 23.9. The lowest BCUT2D eigenvalue weighted by Gasteiger charge is -2.06. The van der Waals surface area contributed by atoms with Crippen LogP contribution in [0.5, 0.6) is 5.75 Å². The molecule has 0 fully saturated rings. The van der Waals surface area contributed by atoms with Crippen LogP contribution in [0.2, 0.25) is 0 Å². The normalized spacial score (nSPS) is 15.0. The maximum absolute atomic E-state index is 13.7. The van der Waals surface area contributed by atoms with E-state index in [1.165, 1.54) is 49.6 Å². The van der Waals surface area contributed by atoms with Crippen molar-refractivity contribution in [2.24, 2.45) is 4.99 Å². The van der Waals surface area contributed by atoms with E-state index in [0.717, 1.165) is 0 Å². The van der Waals surface area contributed by atoms with Gasteiger partial charge in [0.25, 0.3) is 5.69 Å². The van der Waals surface area contributed by atoms with Crippen LogP contribution < -0.4 is 4.74 Å². The molecule has 0 N–H and O–H groups in total. The Hall–Kier alpha value is -3.55. The number of esters is 1. The van der Waals surface area contributed by atoms with Crippen LogP contribution in [-0.4, -0.2) is 23.9 Å². The number of nitrogens with zero attached hydrogens (tertiary/aromatic N) is 2. The average Bonchev–Trinajstić information content (AvgIpc) is 2.97. The Morgan fingerprint density at radius 1 is 1.28 bits per heavy atom. The van der Waals surface area contributed by atoms with Crippen molar-refractivity contribution in [2.45, 2.75) is 0 Å². The highest BCUT2D eigenvalue weighted by Crippen LogP contribution is 2.28. The molecular weight excluding hydrogens is 331 g/mol. The van der Waals surface area contributed by atoms with Gasteiger partial charge in [-0.15, -0.1) is 0 Å². The molecule has 1 aliphatic heterocycles. The van der Waals surface area contributed by atoms with Gasteiger partial charge in [-0.25, -0.2) is 14.2 Å². The first-order chi connectivity index (χ1) is 12.0. The zero-order valence-corrected chi connectivity index (χ0v) is 12.9. The zero-order valence-electron chi connectivity index (χ0n) is 12.9. The molecule has 0 aliphatic carbocycles. The number of halogens is 1. The quantitative estimate of drug-likeness (QED) is 0.368. The van der Waals surface area contributed by atoms with E-state index in [1.807, 2.05) is 0 Å². The van der Waals surface area contributed by atoms with Crippen LogP contribution in [0.15, 0.2) is 53.2 Å². The van der Waals surface area contributed by atoms with Crippen LogP contribution in [0.25, 0.3) is 6.08 Å². The smallest absolute Gasteiger partial charge is 0.363 e. The molecule has 0 radical (unpaired) electrons. The lowest BCUT2D eigenvalue weighted by Crippen LogP contribution is -2.07. The summed E-state index contributed by atoms with van der Waals surface area (Å²) in [5, 5.41) is 10.9. The number of methoxy groups -OCH3 is 1. The third-order valence-electron chi connectivity index (χ3n) is 3.44. The Kier molecular flexibility index (Phi) is 4.25. The van der Waals surface area contributed by atoms with Gasteiger partial charge in [-0.1, -0.05) is 18.2 Å². The van der Waals surface area contributed by atoms with Crippen LogP contribution in [-0.2, 0) is 9.53 Å². The maximum atomic E-state index is 13.7. The molecule has 7 nitrogen and oxygen atoms in total. The summed E-state index contributed by atoms with van der Waals surface area (Å²) in [4.78, 5) is 26.4. The van der Waals surface area contributed by atoms with Crippen LogP contribution in [0.3, 0.4) is 0 Å². The summed E-state index contributed by atoms with van der Waals surface area (Å²) in [5.41, 5.74) is 0.00202. The highest BCUT2D eigenvalue weighted by Gasteiger charge is 2.28. The lowest BCUT2D eigenvalue weighted by molar-refractivity contribution is -0.384. The van der Waals surface area contributed by atoms with Crippen LogP contribution in [0, 0.1) is 15.9 Å². The predicted molar refractivity (Wildman–Crippen MR) is 86.7 cm³/mol. The van der Waals surface area contributed by atoms with E-state index in [9.17, 15) is 19.3 Å². The number of carbonyl (C=O) groups excluding carboxylic acids is 1. The first kappa shape index (κ1) is 16.3. The van der Waals surface area contributed by atoms with Gasteiger partial charge in [0, 0.05) is 17.7 Å². The minimum absolute atomic E-state index is 0.117. The van der Waals surface area contributed by atoms with Gasteiger partial charge in [0.15, 0.2) is 5.70 Å². The van der Waals surface area contributed by atoms with Gasteiger partial charge in [-0.3, -0.25) is 10.1 Å². The minimum Gasteiger partial charge on any atom is -0.496 e. The maximum Gasteiger partial charge on any atom is 0.363 e. The Bertz CT molecular complexity index is 936. The van der Waals surface area contributed by atoms with E-state index < -0.39 is 16.7 Å². The molecule has 2 aromatic carbocycles. The predicted octanol–water partition coefficient (Wildman–Crippen LogP) is 3.09. The Morgan fingerprint density at radius 3 is 2.72 bits per heavy atom. The van der Waals surface area contributed by atoms with E-state index >= 15 is 0 Å². The second-order valence-electron chi connectivity index (χ2n) is 5.00. The molecule has 0 saturated heterocycles. The number of ether oxygens (including phenoxy) is 2. The van der Waals surface area contributed by atoms with Gasteiger partial charge in [0.05, 0.1) is 17.6 Å².